The molecule has 3 heterocycles. The summed E-state index contributed by atoms with van der Waals surface area (Å²) in [6.45, 7) is 0.593. The van der Waals surface area contributed by atoms with Crippen molar-refractivity contribution in [2.45, 2.75) is 56.2 Å². The Hall–Kier alpha value is -2.00. The van der Waals surface area contributed by atoms with E-state index in [2.05, 4.69) is 10.2 Å². The fourth-order valence-electron chi connectivity index (χ4n) is 4.81. The average molecular weight is 411 g/mol. The van der Waals surface area contributed by atoms with Gasteiger partial charge in [0.05, 0.1) is 24.8 Å². The maximum Gasteiger partial charge on any atom is 0.391 e. The lowest BCUT2D eigenvalue weighted by molar-refractivity contribution is -0.202. The molecule has 1 saturated carbocycles. The third-order valence-electron chi connectivity index (χ3n) is 6.33. The highest BCUT2D eigenvalue weighted by molar-refractivity contribution is 5.46. The first kappa shape index (κ1) is 19.0. The molecule has 9 heteroatoms. The molecule has 2 aliphatic heterocycles. The van der Waals surface area contributed by atoms with Crippen molar-refractivity contribution in [2.24, 2.45) is 5.92 Å². The molecule has 1 atom stereocenters. The van der Waals surface area contributed by atoms with Gasteiger partial charge in [-0.2, -0.15) is 13.2 Å². The lowest BCUT2D eigenvalue weighted by Crippen LogP contribution is -2.38. The van der Waals surface area contributed by atoms with E-state index in [4.69, 9.17) is 9.47 Å². The van der Waals surface area contributed by atoms with Crippen LogP contribution in [0.25, 0.3) is 5.69 Å². The monoisotopic (exact) mass is 411 g/mol. The Labute approximate surface area is 165 Å². The zero-order chi connectivity index (χ0) is 20.2. The van der Waals surface area contributed by atoms with Gasteiger partial charge in [-0.3, -0.25) is 4.57 Å². The highest BCUT2D eigenvalue weighted by Crippen LogP contribution is 2.47. The number of alkyl halides is 4. The van der Waals surface area contributed by atoms with Gasteiger partial charge in [0.25, 0.3) is 0 Å². The predicted octanol–water partition coefficient (Wildman–Crippen LogP) is 4.41. The molecule has 0 amide bonds. The maximum atomic E-state index is 15.6. The Bertz CT molecular complexity index is 899. The predicted molar refractivity (Wildman–Crippen MR) is 94.3 cm³/mol. The van der Waals surface area contributed by atoms with Gasteiger partial charge in [0.15, 0.2) is 5.82 Å². The Morgan fingerprint density at radius 2 is 1.62 bits per heavy atom. The molecule has 0 bridgehead atoms. The van der Waals surface area contributed by atoms with E-state index in [1.54, 1.807) is 4.57 Å². The molecule has 1 spiro atoms. The second-order valence-electron chi connectivity index (χ2n) is 8.02. The normalized spacial score (nSPS) is 28.8. The van der Waals surface area contributed by atoms with Crippen LogP contribution in [-0.4, -0.2) is 39.9 Å². The lowest BCUT2D eigenvalue weighted by atomic mass is 9.81. The smallest absolute Gasteiger partial charge is 0.344 e. The van der Waals surface area contributed by atoms with Gasteiger partial charge in [0.2, 0.25) is 12.0 Å². The molecule has 1 saturated heterocycles. The van der Waals surface area contributed by atoms with Crippen LogP contribution in [0.1, 0.15) is 55.0 Å². The van der Waals surface area contributed by atoms with E-state index in [1.165, 1.54) is 0 Å². The Kier molecular flexibility index (Phi) is 4.43. The minimum absolute atomic E-state index is 0.0488. The van der Waals surface area contributed by atoms with Crippen LogP contribution in [0.5, 0.6) is 0 Å². The number of rotatable bonds is 1. The summed E-state index contributed by atoms with van der Waals surface area (Å²) in [4.78, 5) is 0. The van der Waals surface area contributed by atoms with Crippen molar-refractivity contribution in [1.82, 2.24) is 14.8 Å². The summed E-state index contributed by atoms with van der Waals surface area (Å²) in [7, 11) is 0. The van der Waals surface area contributed by atoms with Crippen LogP contribution in [0.4, 0.5) is 17.6 Å². The summed E-state index contributed by atoms with van der Waals surface area (Å²) in [5.74, 6) is -2.32. The maximum absolute atomic E-state index is 15.6. The van der Waals surface area contributed by atoms with E-state index in [9.17, 15) is 13.2 Å². The molecule has 2 aromatic rings. The van der Waals surface area contributed by atoms with Gasteiger partial charge in [0.1, 0.15) is 5.82 Å². The number of nitrogens with zero attached hydrogens (tertiary/aromatic N) is 3. The van der Waals surface area contributed by atoms with Crippen molar-refractivity contribution in [3.63, 3.8) is 0 Å². The van der Waals surface area contributed by atoms with Gasteiger partial charge in [-0.25, -0.2) is 4.39 Å². The SMILES string of the molecule is FC1c2nnc(C3CCC(C(F)(F)F)CC3)n2-c2ccccc2CC12OCCO2. The van der Waals surface area contributed by atoms with E-state index in [0.29, 0.717) is 31.9 Å². The molecule has 1 aromatic heterocycles. The topological polar surface area (TPSA) is 49.2 Å². The number of fused-ring (bicyclic) bond motifs is 3. The largest absolute Gasteiger partial charge is 0.391 e. The van der Waals surface area contributed by atoms with Gasteiger partial charge < -0.3 is 9.47 Å². The van der Waals surface area contributed by atoms with E-state index in [0.717, 1.165) is 11.3 Å². The minimum Gasteiger partial charge on any atom is -0.344 e. The molecular formula is C20H21F4N3O2. The van der Waals surface area contributed by atoms with E-state index < -0.39 is 24.1 Å². The fourth-order valence-corrected chi connectivity index (χ4v) is 4.81. The van der Waals surface area contributed by atoms with E-state index >= 15 is 4.39 Å². The van der Waals surface area contributed by atoms with Gasteiger partial charge in [-0.15, -0.1) is 10.2 Å². The molecule has 29 heavy (non-hydrogen) atoms. The molecule has 5 nitrogen and oxygen atoms in total. The van der Waals surface area contributed by atoms with Crippen LogP contribution in [0.15, 0.2) is 24.3 Å². The molecule has 1 aliphatic carbocycles. The second-order valence-corrected chi connectivity index (χ2v) is 8.02. The van der Waals surface area contributed by atoms with Crippen molar-refractivity contribution in [3.8, 4) is 5.69 Å². The van der Waals surface area contributed by atoms with Crippen LogP contribution < -0.4 is 0 Å². The van der Waals surface area contributed by atoms with E-state index in [-0.39, 0.29) is 31.0 Å². The van der Waals surface area contributed by atoms with E-state index in [1.807, 2.05) is 24.3 Å². The highest BCUT2D eigenvalue weighted by Gasteiger charge is 2.51. The zero-order valence-electron chi connectivity index (χ0n) is 15.7. The van der Waals surface area contributed by atoms with Gasteiger partial charge in [0, 0.05) is 12.3 Å². The molecule has 5 rings (SSSR count). The summed E-state index contributed by atoms with van der Waals surface area (Å²) in [6.07, 6.45) is -4.80. The highest BCUT2D eigenvalue weighted by atomic mass is 19.4. The number of para-hydroxylation sites is 1. The first-order chi connectivity index (χ1) is 13.9. The van der Waals surface area contributed by atoms with Crippen LogP contribution in [0.2, 0.25) is 0 Å². The average Bonchev–Trinajstić information content (AvgIpc) is 3.33. The van der Waals surface area contributed by atoms with Gasteiger partial charge in [-0.05, 0) is 37.3 Å². The lowest BCUT2D eigenvalue weighted by Gasteiger charge is -2.29. The minimum atomic E-state index is -4.17. The first-order valence-electron chi connectivity index (χ1n) is 9.91. The van der Waals surface area contributed by atoms with Crippen LogP contribution in [0, 0.1) is 5.92 Å². The molecule has 156 valence electrons. The number of aromatic nitrogens is 3. The van der Waals surface area contributed by atoms with Crippen molar-refractivity contribution in [2.75, 3.05) is 13.2 Å². The Morgan fingerprint density at radius 3 is 2.31 bits per heavy atom. The summed E-state index contributed by atoms with van der Waals surface area (Å²) in [6, 6.07) is 7.44. The Morgan fingerprint density at radius 1 is 0.966 bits per heavy atom. The van der Waals surface area contributed by atoms with Crippen LogP contribution in [0.3, 0.4) is 0 Å². The number of benzene rings is 1. The van der Waals surface area contributed by atoms with Crippen LogP contribution >= 0.6 is 0 Å². The van der Waals surface area contributed by atoms with Gasteiger partial charge in [-0.1, -0.05) is 18.2 Å². The third-order valence-corrected chi connectivity index (χ3v) is 6.33. The number of hydrogen-bond acceptors (Lipinski definition) is 4. The molecular weight excluding hydrogens is 390 g/mol. The van der Waals surface area contributed by atoms with Crippen molar-refractivity contribution in [1.29, 1.82) is 0 Å². The standard InChI is InChI=1S/C20H21F4N3O2/c21-16-18-26-25-17(12-5-7-14(8-6-12)20(22,23)24)27(18)15-4-2-1-3-13(15)11-19(16)28-9-10-29-19/h1-4,12,14,16H,5-11H2. The molecule has 0 radical (unpaired) electrons. The third kappa shape index (κ3) is 3.06. The van der Waals surface area contributed by atoms with Crippen LogP contribution in [-0.2, 0) is 15.9 Å². The summed E-state index contributed by atoms with van der Waals surface area (Å²) >= 11 is 0. The molecule has 2 fully saturated rings. The molecule has 1 aromatic carbocycles. The quantitative estimate of drug-likeness (QED) is 0.652. The first-order valence-corrected chi connectivity index (χ1v) is 9.91. The second kappa shape index (κ2) is 6.77. The molecule has 0 N–H and O–H groups in total. The van der Waals surface area contributed by atoms with Crippen molar-refractivity contribution in [3.05, 3.63) is 41.5 Å². The molecule has 3 aliphatic rings. The summed E-state index contributed by atoms with van der Waals surface area (Å²) in [5, 5.41) is 8.35. The summed E-state index contributed by atoms with van der Waals surface area (Å²) < 4.78 is 67.8. The number of halogens is 4. The van der Waals surface area contributed by atoms with Crippen molar-refractivity contribution >= 4 is 0 Å². The Balaban J connectivity index is 1.55. The number of ether oxygens (including phenoxy) is 2. The fraction of sp³-hybridized carbons (Fsp3) is 0.600. The molecule has 1 unspecified atom stereocenters. The summed E-state index contributed by atoms with van der Waals surface area (Å²) in [5.41, 5.74) is 1.57. The van der Waals surface area contributed by atoms with Crippen molar-refractivity contribution < 1.29 is 27.0 Å². The number of hydrogen-bond donors (Lipinski definition) is 0. The van der Waals surface area contributed by atoms with Gasteiger partial charge >= 0.3 is 6.18 Å². The zero-order valence-corrected chi connectivity index (χ0v) is 15.7.